The van der Waals surface area contributed by atoms with Crippen molar-refractivity contribution in [2.24, 2.45) is 5.73 Å². The molecular formula is C14H21N3O. The number of rotatable bonds is 3. The van der Waals surface area contributed by atoms with Crippen molar-refractivity contribution in [1.29, 1.82) is 0 Å². The summed E-state index contributed by atoms with van der Waals surface area (Å²) in [7, 11) is 1.86. The van der Waals surface area contributed by atoms with Gasteiger partial charge in [0.1, 0.15) is 0 Å². The number of carbonyl (C=O) groups excluding carboxylic acids is 1. The van der Waals surface area contributed by atoms with Crippen molar-refractivity contribution in [2.45, 2.75) is 25.9 Å². The number of likely N-dealkylation sites (N-methyl/N-ethyl adjacent to an activating group) is 1. The van der Waals surface area contributed by atoms with E-state index in [1.807, 2.05) is 24.9 Å². The molecule has 1 aliphatic heterocycles. The molecule has 1 aliphatic rings. The highest BCUT2D eigenvalue weighted by molar-refractivity contribution is 5.77. The van der Waals surface area contributed by atoms with Crippen molar-refractivity contribution in [3.05, 3.63) is 35.4 Å². The summed E-state index contributed by atoms with van der Waals surface area (Å²) in [5.41, 5.74) is 8.19. The minimum absolute atomic E-state index is 0.0126. The SMILES string of the molecule is Cc1cccc(C2CN(CC(C)N)C(=O)N2C)c1. The molecule has 4 nitrogen and oxygen atoms in total. The van der Waals surface area contributed by atoms with Gasteiger partial charge in [-0.2, -0.15) is 0 Å². The van der Waals surface area contributed by atoms with Gasteiger partial charge in [0.05, 0.1) is 6.04 Å². The third kappa shape index (κ3) is 2.48. The Bertz CT molecular complexity index is 444. The minimum atomic E-state index is 0.0126. The highest BCUT2D eigenvalue weighted by Crippen LogP contribution is 2.28. The zero-order chi connectivity index (χ0) is 13.3. The third-order valence-electron chi connectivity index (χ3n) is 3.37. The fourth-order valence-electron chi connectivity index (χ4n) is 2.47. The highest BCUT2D eigenvalue weighted by atomic mass is 16.2. The van der Waals surface area contributed by atoms with Gasteiger partial charge in [0.15, 0.2) is 0 Å². The molecule has 0 aromatic heterocycles. The van der Waals surface area contributed by atoms with Gasteiger partial charge in [-0.1, -0.05) is 29.8 Å². The molecule has 4 heteroatoms. The van der Waals surface area contributed by atoms with Crippen LogP contribution >= 0.6 is 0 Å². The molecule has 0 spiro atoms. The van der Waals surface area contributed by atoms with Crippen molar-refractivity contribution < 1.29 is 4.79 Å². The van der Waals surface area contributed by atoms with Crippen molar-refractivity contribution in [3.8, 4) is 0 Å². The number of hydrogen-bond acceptors (Lipinski definition) is 2. The van der Waals surface area contributed by atoms with Crippen LogP contribution in [-0.2, 0) is 0 Å². The average molecular weight is 247 g/mol. The second kappa shape index (κ2) is 4.98. The van der Waals surface area contributed by atoms with Crippen LogP contribution in [0.3, 0.4) is 0 Å². The van der Waals surface area contributed by atoms with Crippen LogP contribution in [-0.4, -0.2) is 42.0 Å². The number of carbonyl (C=O) groups is 1. The standard InChI is InChI=1S/C14H21N3O/c1-10-5-4-6-12(7-10)13-9-17(8-11(2)15)14(18)16(13)3/h4-7,11,13H,8-9,15H2,1-3H3. The number of nitrogens with two attached hydrogens (primary N) is 1. The van der Waals surface area contributed by atoms with Crippen LogP contribution in [0.4, 0.5) is 4.79 Å². The monoisotopic (exact) mass is 247 g/mol. The van der Waals surface area contributed by atoms with Gasteiger partial charge in [-0.3, -0.25) is 0 Å². The summed E-state index contributed by atoms with van der Waals surface area (Å²) in [6.07, 6.45) is 0. The quantitative estimate of drug-likeness (QED) is 0.884. The average Bonchev–Trinajstić information content (AvgIpc) is 2.57. The summed E-state index contributed by atoms with van der Waals surface area (Å²) < 4.78 is 0. The topological polar surface area (TPSA) is 49.6 Å². The zero-order valence-corrected chi connectivity index (χ0v) is 11.3. The minimum Gasteiger partial charge on any atom is -0.326 e. The van der Waals surface area contributed by atoms with E-state index in [0.29, 0.717) is 6.54 Å². The number of hydrogen-bond donors (Lipinski definition) is 1. The molecule has 0 saturated carbocycles. The molecule has 1 aromatic carbocycles. The summed E-state index contributed by atoms with van der Waals surface area (Å²) in [5.74, 6) is 0. The molecule has 1 saturated heterocycles. The molecule has 18 heavy (non-hydrogen) atoms. The lowest BCUT2D eigenvalue weighted by atomic mass is 10.0. The fourth-order valence-corrected chi connectivity index (χ4v) is 2.47. The Hall–Kier alpha value is -1.55. The lowest BCUT2D eigenvalue weighted by molar-refractivity contribution is 0.194. The van der Waals surface area contributed by atoms with Gasteiger partial charge in [-0.25, -0.2) is 4.79 Å². The number of nitrogens with zero attached hydrogens (tertiary/aromatic N) is 2. The largest absolute Gasteiger partial charge is 0.326 e. The first-order valence-electron chi connectivity index (χ1n) is 6.33. The van der Waals surface area contributed by atoms with E-state index in [0.717, 1.165) is 6.54 Å². The maximum atomic E-state index is 12.1. The number of aryl methyl sites for hydroxylation is 1. The smallest absolute Gasteiger partial charge is 0.320 e. The Morgan fingerprint density at radius 2 is 2.22 bits per heavy atom. The number of benzene rings is 1. The van der Waals surface area contributed by atoms with E-state index in [1.165, 1.54) is 11.1 Å². The van der Waals surface area contributed by atoms with Crippen LogP contribution < -0.4 is 5.73 Å². The number of amides is 2. The molecule has 0 radical (unpaired) electrons. The van der Waals surface area contributed by atoms with Crippen molar-refractivity contribution >= 4 is 6.03 Å². The predicted octanol–water partition coefficient (Wildman–Crippen LogP) is 1.75. The van der Waals surface area contributed by atoms with Crippen molar-refractivity contribution in [3.63, 3.8) is 0 Å². The van der Waals surface area contributed by atoms with Crippen LogP contribution in [0, 0.1) is 6.92 Å². The van der Waals surface area contributed by atoms with E-state index in [4.69, 9.17) is 5.73 Å². The predicted molar refractivity (Wildman–Crippen MR) is 72.3 cm³/mol. The molecule has 1 aromatic rings. The summed E-state index contributed by atoms with van der Waals surface area (Å²) in [6, 6.07) is 8.55. The van der Waals surface area contributed by atoms with E-state index in [9.17, 15) is 4.79 Å². The molecular weight excluding hydrogens is 226 g/mol. The van der Waals surface area contributed by atoms with Crippen LogP contribution in [0.15, 0.2) is 24.3 Å². The van der Waals surface area contributed by atoms with Crippen LogP contribution in [0.1, 0.15) is 24.1 Å². The van der Waals surface area contributed by atoms with E-state index in [1.54, 1.807) is 4.90 Å². The summed E-state index contributed by atoms with van der Waals surface area (Å²) in [4.78, 5) is 15.7. The Morgan fingerprint density at radius 1 is 1.50 bits per heavy atom. The first-order chi connectivity index (χ1) is 8.49. The van der Waals surface area contributed by atoms with Gasteiger partial charge >= 0.3 is 6.03 Å². The molecule has 2 unspecified atom stereocenters. The lowest BCUT2D eigenvalue weighted by Gasteiger charge is -2.18. The van der Waals surface area contributed by atoms with E-state index in [2.05, 4.69) is 25.1 Å². The Morgan fingerprint density at radius 3 is 2.83 bits per heavy atom. The summed E-state index contributed by atoms with van der Waals surface area (Å²) >= 11 is 0. The molecule has 0 bridgehead atoms. The maximum Gasteiger partial charge on any atom is 0.320 e. The van der Waals surface area contributed by atoms with Crippen molar-refractivity contribution in [2.75, 3.05) is 20.1 Å². The molecule has 98 valence electrons. The van der Waals surface area contributed by atoms with Crippen LogP contribution in [0.25, 0.3) is 0 Å². The highest BCUT2D eigenvalue weighted by Gasteiger charge is 2.35. The Balaban J connectivity index is 2.18. The van der Waals surface area contributed by atoms with E-state index in [-0.39, 0.29) is 18.1 Å². The first kappa shape index (κ1) is 12.9. The normalized spacial score (nSPS) is 21.6. The van der Waals surface area contributed by atoms with Gasteiger partial charge in [0.25, 0.3) is 0 Å². The molecule has 1 heterocycles. The Labute approximate surface area is 108 Å². The molecule has 2 atom stereocenters. The van der Waals surface area contributed by atoms with E-state index < -0.39 is 0 Å². The molecule has 2 N–H and O–H groups in total. The molecule has 2 rings (SSSR count). The van der Waals surface area contributed by atoms with Gasteiger partial charge < -0.3 is 15.5 Å². The van der Waals surface area contributed by atoms with Gasteiger partial charge in [-0.05, 0) is 19.4 Å². The maximum absolute atomic E-state index is 12.1. The van der Waals surface area contributed by atoms with Crippen LogP contribution in [0.2, 0.25) is 0 Å². The second-order valence-corrected chi connectivity index (χ2v) is 5.21. The summed E-state index contributed by atoms with van der Waals surface area (Å²) in [6.45, 7) is 5.33. The van der Waals surface area contributed by atoms with Gasteiger partial charge in [0, 0.05) is 26.2 Å². The van der Waals surface area contributed by atoms with Crippen LogP contribution in [0.5, 0.6) is 0 Å². The van der Waals surface area contributed by atoms with Gasteiger partial charge in [-0.15, -0.1) is 0 Å². The first-order valence-corrected chi connectivity index (χ1v) is 6.33. The van der Waals surface area contributed by atoms with Gasteiger partial charge in [0.2, 0.25) is 0 Å². The second-order valence-electron chi connectivity index (χ2n) is 5.21. The lowest BCUT2D eigenvalue weighted by Crippen LogP contribution is -2.38. The fraction of sp³-hybridized carbons (Fsp3) is 0.500. The van der Waals surface area contributed by atoms with Crippen molar-refractivity contribution in [1.82, 2.24) is 9.80 Å². The molecule has 2 amide bonds. The molecule has 1 fully saturated rings. The van der Waals surface area contributed by atoms with E-state index >= 15 is 0 Å². The Kier molecular flexibility index (Phi) is 3.57. The molecule has 0 aliphatic carbocycles. The number of urea groups is 1. The zero-order valence-electron chi connectivity index (χ0n) is 11.3. The summed E-state index contributed by atoms with van der Waals surface area (Å²) in [5, 5.41) is 0. The third-order valence-corrected chi connectivity index (χ3v) is 3.37.